The minimum Gasteiger partial charge on any atom is -0.320 e. The van der Waals surface area contributed by atoms with E-state index >= 15 is 0 Å². The van der Waals surface area contributed by atoms with Gasteiger partial charge in [0.2, 0.25) is 5.82 Å². The molecule has 0 unspecified atom stereocenters. The first-order valence-electron chi connectivity index (χ1n) is 7.52. The number of anilines is 1. The molecule has 0 radical (unpaired) electrons. The second kappa shape index (κ2) is 6.44. The van der Waals surface area contributed by atoms with Gasteiger partial charge >= 0.3 is 11.4 Å². The Morgan fingerprint density at radius 1 is 1.19 bits per heavy atom. The van der Waals surface area contributed by atoms with E-state index in [1.165, 1.54) is 26.2 Å². The normalized spacial score (nSPS) is 10.8. The van der Waals surface area contributed by atoms with Crippen LogP contribution in [0.25, 0.3) is 11.0 Å². The Morgan fingerprint density at radius 2 is 1.89 bits per heavy atom. The van der Waals surface area contributed by atoms with Crippen LogP contribution in [0, 0.1) is 15.9 Å². The predicted octanol–water partition coefficient (Wildman–Crippen LogP) is 0.932. The van der Waals surface area contributed by atoms with E-state index in [1.54, 1.807) is 0 Å². The summed E-state index contributed by atoms with van der Waals surface area (Å²) in [6, 6.07) is 5.52. The number of nitro benzene ring substituents is 1. The van der Waals surface area contributed by atoms with Gasteiger partial charge < -0.3 is 5.32 Å². The van der Waals surface area contributed by atoms with Crippen LogP contribution in [0.4, 0.5) is 15.8 Å². The van der Waals surface area contributed by atoms with Crippen LogP contribution < -0.4 is 16.6 Å². The molecule has 0 saturated carbocycles. The number of nitrogens with one attached hydrogen (secondary N) is 1. The molecule has 0 bridgehead atoms. The second-order valence-corrected chi connectivity index (χ2v) is 5.65. The number of hydrogen-bond acceptors (Lipinski definition) is 6. The fraction of sp³-hybridized carbons (Fsp3) is 0.125. The number of amides is 1. The van der Waals surface area contributed by atoms with Crippen molar-refractivity contribution < 1.29 is 14.1 Å². The molecule has 2 aromatic heterocycles. The van der Waals surface area contributed by atoms with Crippen molar-refractivity contribution in [1.82, 2.24) is 14.1 Å². The van der Waals surface area contributed by atoms with Crippen molar-refractivity contribution in [2.75, 3.05) is 5.32 Å². The zero-order chi connectivity index (χ0) is 19.9. The zero-order valence-corrected chi connectivity index (χ0v) is 14.1. The van der Waals surface area contributed by atoms with Crippen LogP contribution in [0.15, 0.2) is 39.9 Å². The molecular formula is C16H12FN5O5. The average Bonchev–Trinajstić information content (AvgIpc) is 2.65. The summed E-state index contributed by atoms with van der Waals surface area (Å²) >= 11 is 0. The van der Waals surface area contributed by atoms with E-state index in [2.05, 4.69) is 10.3 Å². The zero-order valence-electron chi connectivity index (χ0n) is 14.1. The van der Waals surface area contributed by atoms with Gasteiger partial charge in [-0.1, -0.05) is 0 Å². The molecule has 138 valence electrons. The Kier molecular flexibility index (Phi) is 4.27. The number of benzene rings is 1. The van der Waals surface area contributed by atoms with Crippen molar-refractivity contribution in [2.24, 2.45) is 14.1 Å². The van der Waals surface area contributed by atoms with Crippen LogP contribution in [0.5, 0.6) is 0 Å². The minimum absolute atomic E-state index is 0.00661. The van der Waals surface area contributed by atoms with Crippen LogP contribution in [-0.2, 0) is 14.1 Å². The number of halogens is 1. The largest absolute Gasteiger partial charge is 0.332 e. The molecule has 2 heterocycles. The molecule has 0 atom stereocenters. The molecule has 0 aliphatic heterocycles. The van der Waals surface area contributed by atoms with Crippen molar-refractivity contribution in [3.05, 3.63) is 72.8 Å². The van der Waals surface area contributed by atoms with Gasteiger partial charge in [-0.15, -0.1) is 0 Å². The highest BCUT2D eigenvalue weighted by Gasteiger charge is 2.17. The van der Waals surface area contributed by atoms with Gasteiger partial charge in [0.25, 0.3) is 11.5 Å². The summed E-state index contributed by atoms with van der Waals surface area (Å²) in [4.78, 5) is 50.4. The van der Waals surface area contributed by atoms with E-state index in [-0.39, 0.29) is 22.4 Å². The Balaban J connectivity index is 2.02. The Hall–Kier alpha value is -3.89. The van der Waals surface area contributed by atoms with Crippen LogP contribution in [-0.4, -0.2) is 24.9 Å². The smallest absolute Gasteiger partial charge is 0.320 e. The fourth-order valence-corrected chi connectivity index (χ4v) is 2.51. The lowest BCUT2D eigenvalue weighted by atomic mass is 10.2. The van der Waals surface area contributed by atoms with Crippen molar-refractivity contribution in [2.45, 2.75) is 0 Å². The van der Waals surface area contributed by atoms with Crippen LogP contribution in [0.1, 0.15) is 10.5 Å². The topological polar surface area (TPSA) is 129 Å². The van der Waals surface area contributed by atoms with E-state index in [1.807, 2.05) is 0 Å². The predicted molar refractivity (Wildman–Crippen MR) is 93.2 cm³/mol. The van der Waals surface area contributed by atoms with Gasteiger partial charge in [-0.3, -0.25) is 28.8 Å². The van der Waals surface area contributed by atoms with Crippen molar-refractivity contribution in [1.29, 1.82) is 0 Å². The molecule has 0 saturated heterocycles. The van der Waals surface area contributed by atoms with Crippen LogP contribution in [0.3, 0.4) is 0 Å². The minimum atomic E-state index is -1.03. The molecular weight excluding hydrogens is 361 g/mol. The summed E-state index contributed by atoms with van der Waals surface area (Å²) in [5.74, 6) is -1.78. The summed E-state index contributed by atoms with van der Waals surface area (Å²) in [5.41, 5.74) is -2.06. The Morgan fingerprint density at radius 3 is 2.56 bits per heavy atom. The van der Waals surface area contributed by atoms with E-state index in [0.717, 1.165) is 27.3 Å². The summed E-state index contributed by atoms with van der Waals surface area (Å²) in [5, 5.41) is 13.3. The molecule has 10 nitrogen and oxygen atoms in total. The summed E-state index contributed by atoms with van der Waals surface area (Å²) in [6.07, 6.45) is 0. The standard InChI is InChI=1S/C16H12FN5O5/c1-20-13-9(15(24)21(2)16(20)25)4-6-11(19-13)14(23)18-8-3-5-10(17)12(7-8)22(26)27/h3-7H,1-2H3,(H,18,23). The molecule has 3 aromatic rings. The number of pyridine rings is 1. The lowest BCUT2D eigenvalue weighted by molar-refractivity contribution is -0.387. The monoisotopic (exact) mass is 373 g/mol. The Labute approximate surface area is 149 Å². The molecule has 1 aromatic carbocycles. The molecule has 1 amide bonds. The van der Waals surface area contributed by atoms with Crippen molar-refractivity contribution in [3.63, 3.8) is 0 Å². The number of carbonyl (C=O) groups is 1. The van der Waals surface area contributed by atoms with Crippen LogP contribution in [0.2, 0.25) is 0 Å². The molecule has 0 fully saturated rings. The van der Waals surface area contributed by atoms with E-state index in [9.17, 15) is 28.9 Å². The molecule has 3 rings (SSSR count). The third-order valence-electron chi connectivity index (χ3n) is 3.94. The maximum Gasteiger partial charge on any atom is 0.332 e. The number of fused-ring (bicyclic) bond motifs is 1. The highest BCUT2D eigenvalue weighted by Crippen LogP contribution is 2.22. The number of aryl methyl sites for hydroxylation is 1. The highest BCUT2D eigenvalue weighted by molar-refractivity contribution is 6.04. The van der Waals surface area contributed by atoms with Gasteiger partial charge in [-0.2, -0.15) is 4.39 Å². The maximum absolute atomic E-state index is 13.4. The van der Waals surface area contributed by atoms with Gasteiger partial charge in [0.05, 0.1) is 10.3 Å². The molecule has 0 aliphatic carbocycles. The SMILES string of the molecule is Cn1c(=O)c2ccc(C(=O)Nc3ccc(F)c([N+](=O)[O-])c3)nc2n(C)c1=O. The fourth-order valence-electron chi connectivity index (χ4n) is 2.51. The summed E-state index contributed by atoms with van der Waals surface area (Å²) in [7, 11) is 2.73. The first-order valence-corrected chi connectivity index (χ1v) is 7.52. The van der Waals surface area contributed by atoms with Gasteiger partial charge in [0.1, 0.15) is 11.3 Å². The third-order valence-corrected chi connectivity index (χ3v) is 3.94. The van der Waals surface area contributed by atoms with Crippen LogP contribution >= 0.6 is 0 Å². The van der Waals surface area contributed by atoms with E-state index < -0.39 is 33.6 Å². The molecule has 0 spiro atoms. The van der Waals surface area contributed by atoms with E-state index in [4.69, 9.17) is 0 Å². The Bertz CT molecular complexity index is 1230. The summed E-state index contributed by atoms with van der Waals surface area (Å²) in [6.45, 7) is 0. The summed E-state index contributed by atoms with van der Waals surface area (Å²) < 4.78 is 15.4. The second-order valence-electron chi connectivity index (χ2n) is 5.65. The van der Waals surface area contributed by atoms with Crippen molar-refractivity contribution in [3.8, 4) is 0 Å². The first-order chi connectivity index (χ1) is 12.7. The number of nitrogens with zero attached hydrogens (tertiary/aromatic N) is 4. The lowest BCUT2D eigenvalue weighted by Crippen LogP contribution is -2.37. The quantitative estimate of drug-likeness (QED) is 0.537. The van der Waals surface area contributed by atoms with Crippen molar-refractivity contribution >= 4 is 28.3 Å². The van der Waals surface area contributed by atoms with Gasteiger partial charge in [-0.05, 0) is 24.3 Å². The van der Waals surface area contributed by atoms with Gasteiger partial charge in [-0.25, -0.2) is 9.78 Å². The first kappa shape index (κ1) is 17.9. The molecule has 11 heteroatoms. The molecule has 27 heavy (non-hydrogen) atoms. The number of nitro groups is 1. The van der Waals surface area contributed by atoms with Gasteiger partial charge in [0, 0.05) is 25.8 Å². The number of hydrogen-bond donors (Lipinski definition) is 1. The number of aromatic nitrogens is 3. The van der Waals surface area contributed by atoms with Gasteiger partial charge in [0.15, 0.2) is 0 Å². The molecule has 1 N–H and O–H groups in total. The highest BCUT2D eigenvalue weighted by atomic mass is 19.1. The maximum atomic E-state index is 13.4. The lowest BCUT2D eigenvalue weighted by Gasteiger charge is -2.09. The molecule has 0 aliphatic rings. The number of rotatable bonds is 3. The number of carbonyl (C=O) groups excluding carboxylic acids is 1. The average molecular weight is 373 g/mol. The third kappa shape index (κ3) is 3.05. The van der Waals surface area contributed by atoms with E-state index in [0.29, 0.717) is 0 Å².